The lowest BCUT2D eigenvalue weighted by Gasteiger charge is -2.35. The third-order valence-corrected chi connectivity index (χ3v) is 5.42. The predicted octanol–water partition coefficient (Wildman–Crippen LogP) is 2.93. The highest BCUT2D eigenvalue weighted by Gasteiger charge is 2.22. The molecule has 10 nitrogen and oxygen atoms in total. The Bertz CT molecular complexity index is 1130. The van der Waals surface area contributed by atoms with Gasteiger partial charge >= 0.3 is 6.03 Å². The molecule has 3 heterocycles. The van der Waals surface area contributed by atoms with Gasteiger partial charge in [-0.1, -0.05) is 26.5 Å². The van der Waals surface area contributed by atoms with E-state index in [1.165, 1.54) is 6.20 Å². The molecule has 1 aliphatic rings. The van der Waals surface area contributed by atoms with E-state index in [1.54, 1.807) is 16.9 Å². The van der Waals surface area contributed by atoms with Crippen molar-refractivity contribution in [1.82, 2.24) is 29.7 Å². The highest BCUT2D eigenvalue weighted by Crippen LogP contribution is 2.24. The number of hydrogen-bond acceptors (Lipinski definition) is 7. The molecule has 0 unspecified atom stereocenters. The van der Waals surface area contributed by atoms with Crippen molar-refractivity contribution in [3.05, 3.63) is 42.1 Å². The number of piperazine rings is 1. The molecule has 1 aliphatic heterocycles. The van der Waals surface area contributed by atoms with Gasteiger partial charge in [0.2, 0.25) is 5.88 Å². The van der Waals surface area contributed by atoms with Crippen molar-refractivity contribution in [1.29, 1.82) is 5.26 Å². The SMILES string of the molecule is C=C(N=C/C(=C\C)c1nc(OCC)cn2ncc(C#N)c12)N1CCN(C(=O)NCC(C)C)CC1. The average Bonchev–Trinajstić information content (AvgIpc) is 3.26. The molecule has 1 N–H and O–H groups in total. The number of nitriles is 1. The van der Waals surface area contributed by atoms with Crippen molar-refractivity contribution >= 4 is 23.3 Å². The minimum absolute atomic E-state index is 0.0305. The van der Waals surface area contributed by atoms with Crippen LogP contribution in [0.2, 0.25) is 0 Å². The maximum atomic E-state index is 12.3. The number of hydrogen-bond donors (Lipinski definition) is 1. The van der Waals surface area contributed by atoms with Gasteiger partial charge in [-0.25, -0.2) is 19.3 Å². The molecule has 2 aromatic rings. The maximum Gasteiger partial charge on any atom is 0.317 e. The highest BCUT2D eigenvalue weighted by atomic mass is 16.5. The van der Waals surface area contributed by atoms with E-state index in [-0.39, 0.29) is 6.03 Å². The first-order valence-corrected chi connectivity index (χ1v) is 11.5. The summed E-state index contributed by atoms with van der Waals surface area (Å²) in [6.45, 7) is 15.7. The molecule has 0 radical (unpaired) electrons. The van der Waals surface area contributed by atoms with Gasteiger partial charge in [0.25, 0.3) is 0 Å². The maximum absolute atomic E-state index is 12.3. The topological polar surface area (TPSA) is 111 Å². The Morgan fingerprint density at radius 3 is 2.68 bits per heavy atom. The predicted molar refractivity (Wildman–Crippen MR) is 132 cm³/mol. The number of carbonyl (C=O) groups excluding carboxylic acids is 1. The Kier molecular flexibility index (Phi) is 8.24. The lowest BCUT2D eigenvalue weighted by molar-refractivity contribution is 0.156. The van der Waals surface area contributed by atoms with Crippen LogP contribution in [0.1, 0.15) is 39.0 Å². The van der Waals surface area contributed by atoms with Crippen LogP contribution >= 0.6 is 0 Å². The van der Waals surface area contributed by atoms with Crippen molar-refractivity contribution < 1.29 is 9.53 Å². The Morgan fingerprint density at radius 2 is 2.06 bits per heavy atom. The monoisotopic (exact) mass is 464 g/mol. The highest BCUT2D eigenvalue weighted by molar-refractivity contribution is 6.12. The summed E-state index contributed by atoms with van der Waals surface area (Å²) in [6, 6.07) is 2.14. The lowest BCUT2D eigenvalue weighted by atomic mass is 10.1. The number of rotatable bonds is 8. The van der Waals surface area contributed by atoms with E-state index in [4.69, 9.17) is 4.74 Å². The fourth-order valence-corrected chi connectivity index (χ4v) is 3.56. The van der Waals surface area contributed by atoms with E-state index >= 15 is 0 Å². The van der Waals surface area contributed by atoms with E-state index < -0.39 is 0 Å². The van der Waals surface area contributed by atoms with E-state index in [0.717, 1.165) is 5.57 Å². The number of nitrogens with one attached hydrogen (secondary N) is 1. The number of ether oxygens (including phenoxy) is 1. The first kappa shape index (κ1) is 24.8. The Morgan fingerprint density at radius 1 is 1.35 bits per heavy atom. The van der Waals surface area contributed by atoms with Crippen molar-refractivity contribution in [2.24, 2.45) is 10.9 Å². The Hall–Kier alpha value is -3.87. The summed E-state index contributed by atoms with van der Waals surface area (Å²) in [5, 5.41) is 16.7. The minimum Gasteiger partial charge on any atom is -0.477 e. The normalized spacial score (nSPS) is 14.6. The van der Waals surface area contributed by atoms with Gasteiger partial charge in [-0.15, -0.1) is 0 Å². The summed E-state index contributed by atoms with van der Waals surface area (Å²) in [5.41, 5.74) is 2.29. The summed E-state index contributed by atoms with van der Waals surface area (Å²) in [7, 11) is 0. The number of allylic oxidation sites excluding steroid dienone is 2. The molecule has 0 spiro atoms. The molecular formula is C24H32N8O2. The van der Waals surface area contributed by atoms with Crippen molar-refractivity contribution in [2.75, 3.05) is 39.3 Å². The minimum atomic E-state index is -0.0305. The standard InChI is InChI=1S/C24H32N8O2/c1-6-19(22-23-20(12-25)15-28-32(23)16-21(29-22)34-7-2)14-26-18(5)30-8-10-31(11-9-30)24(33)27-13-17(3)4/h6,14-17H,5,7-11,13H2,1-4H3,(H,27,33)/b19-6+,26-14?. The van der Waals surface area contributed by atoms with Gasteiger partial charge in [-0.05, 0) is 19.8 Å². The molecule has 0 saturated carbocycles. The molecule has 3 rings (SSSR count). The molecule has 0 aromatic carbocycles. The molecule has 0 bridgehead atoms. The molecule has 180 valence electrons. The van der Waals surface area contributed by atoms with E-state index in [0.29, 0.717) is 73.7 Å². The van der Waals surface area contributed by atoms with Gasteiger partial charge in [-0.2, -0.15) is 10.4 Å². The fraction of sp³-hybridized carbons (Fsp3) is 0.458. The number of nitrogens with zero attached hydrogens (tertiary/aromatic N) is 7. The molecular weight excluding hydrogens is 432 g/mol. The smallest absolute Gasteiger partial charge is 0.317 e. The van der Waals surface area contributed by atoms with Gasteiger partial charge < -0.3 is 19.9 Å². The third kappa shape index (κ3) is 5.73. The van der Waals surface area contributed by atoms with Crippen molar-refractivity contribution in [2.45, 2.75) is 27.7 Å². The van der Waals surface area contributed by atoms with Crippen molar-refractivity contribution in [3.8, 4) is 11.9 Å². The zero-order chi connectivity index (χ0) is 24.7. The second kappa shape index (κ2) is 11.3. The van der Waals surface area contributed by atoms with Gasteiger partial charge in [0.15, 0.2) is 0 Å². The molecule has 34 heavy (non-hydrogen) atoms. The molecule has 2 aromatic heterocycles. The van der Waals surface area contributed by atoms with Gasteiger partial charge in [0, 0.05) is 44.5 Å². The summed E-state index contributed by atoms with van der Waals surface area (Å²) in [4.78, 5) is 25.3. The molecule has 0 atom stereocenters. The average molecular weight is 465 g/mol. The van der Waals surface area contributed by atoms with Crippen LogP contribution in [-0.4, -0.2) is 76.0 Å². The molecule has 1 fully saturated rings. The van der Waals surface area contributed by atoms with Gasteiger partial charge in [0.05, 0.1) is 19.0 Å². The first-order chi connectivity index (χ1) is 16.4. The zero-order valence-electron chi connectivity index (χ0n) is 20.3. The van der Waals surface area contributed by atoms with Crippen LogP contribution in [-0.2, 0) is 0 Å². The Labute approximate surface area is 200 Å². The Balaban J connectivity index is 1.72. The lowest BCUT2D eigenvalue weighted by Crippen LogP contribution is -2.51. The van der Waals surface area contributed by atoms with Gasteiger partial charge in [0.1, 0.15) is 28.7 Å². The second-order valence-electron chi connectivity index (χ2n) is 8.30. The van der Waals surface area contributed by atoms with E-state index in [9.17, 15) is 10.1 Å². The van der Waals surface area contributed by atoms with E-state index in [1.807, 2.05) is 24.8 Å². The van der Waals surface area contributed by atoms with Crippen LogP contribution in [0.4, 0.5) is 4.79 Å². The molecule has 1 saturated heterocycles. The summed E-state index contributed by atoms with van der Waals surface area (Å²) < 4.78 is 7.18. The van der Waals surface area contributed by atoms with Crippen LogP contribution in [0, 0.1) is 17.2 Å². The molecule has 0 aliphatic carbocycles. The summed E-state index contributed by atoms with van der Waals surface area (Å²) in [6.07, 6.45) is 6.73. The second-order valence-corrected chi connectivity index (χ2v) is 8.30. The number of urea groups is 1. The van der Waals surface area contributed by atoms with Crippen LogP contribution in [0.15, 0.2) is 35.9 Å². The third-order valence-electron chi connectivity index (χ3n) is 5.42. The van der Waals surface area contributed by atoms with Crippen LogP contribution in [0.25, 0.3) is 11.1 Å². The van der Waals surface area contributed by atoms with Crippen LogP contribution in [0.5, 0.6) is 5.88 Å². The first-order valence-electron chi connectivity index (χ1n) is 11.5. The number of aliphatic imine (C=N–C) groups is 1. The quantitative estimate of drug-likeness (QED) is 0.602. The number of fused-ring (bicyclic) bond motifs is 1. The fourth-order valence-electron chi connectivity index (χ4n) is 3.56. The van der Waals surface area contributed by atoms with Gasteiger partial charge in [-0.3, -0.25) is 0 Å². The number of amides is 2. The van der Waals surface area contributed by atoms with Crippen LogP contribution < -0.4 is 10.1 Å². The zero-order valence-corrected chi connectivity index (χ0v) is 20.3. The molecule has 2 amide bonds. The largest absolute Gasteiger partial charge is 0.477 e. The number of aromatic nitrogens is 3. The van der Waals surface area contributed by atoms with Crippen LogP contribution in [0.3, 0.4) is 0 Å². The summed E-state index contributed by atoms with van der Waals surface area (Å²) >= 11 is 0. The van der Waals surface area contributed by atoms with Crippen molar-refractivity contribution in [3.63, 3.8) is 0 Å². The summed E-state index contributed by atoms with van der Waals surface area (Å²) in [5.74, 6) is 1.43. The van der Waals surface area contributed by atoms with E-state index in [2.05, 4.69) is 51.8 Å². The number of carbonyl (C=O) groups is 1. The molecule has 10 heteroatoms.